The van der Waals surface area contributed by atoms with Crippen LogP contribution in [0.1, 0.15) is 19.4 Å². The van der Waals surface area contributed by atoms with Crippen molar-refractivity contribution >= 4 is 18.0 Å². The molecule has 0 fully saturated rings. The highest BCUT2D eigenvalue weighted by Crippen LogP contribution is 2.30. The minimum Gasteiger partial charge on any atom is -0.497 e. The summed E-state index contributed by atoms with van der Waals surface area (Å²) in [6.07, 6.45) is 1.68. The lowest BCUT2D eigenvalue weighted by Crippen LogP contribution is -2.50. The highest BCUT2D eigenvalue weighted by Gasteiger charge is 2.30. The number of rotatable bonds is 4. The molecule has 1 aliphatic rings. The highest BCUT2D eigenvalue weighted by atomic mass is 16.5. The van der Waals surface area contributed by atoms with Crippen LogP contribution in [-0.4, -0.2) is 36.2 Å². The second-order valence-electron chi connectivity index (χ2n) is 5.25. The number of amides is 1. The number of hydrogen-bond acceptors (Lipinski definition) is 4. The van der Waals surface area contributed by atoms with Crippen molar-refractivity contribution < 1.29 is 24.2 Å². The summed E-state index contributed by atoms with van der Waals surface area (Å²) in [4.78, 5) is 23.2. The van der Waals surface area contributed by atoms with Crippen LogP contribution in [0.3, 0.4) is 0 Å². The van der Waals surface area contributed by atoms with Gasteiger partial charge in [-0.1, -0.05) is 0 Å². The summed E-state index contributed by atoms with van der Waals surface area (Å²) < 4.78 is 10.6. The molecule has 0 radical (unpaired) electrons. The summed E-state index contributed by atoms with van der Waals surface area (Å²) in [5.74, 6) is -0.253. The van der Waals surface area contributed by atoms with Crippen LogP contribution in [0.5, 0.6) is 11.5 Å². The number of carbonyl (C=O) groups is 2. The predicted molar refractivity (Wildman–Crippen MR) is 76.3 cm³/mol. The molecular weight excluding hydrogens is 274 g/mol. The van der Waals surface area contributed by atoms with E-state index in [0.29, 0.717) is 17.1 Å². The van der Waals surface area contributed by atoms with Crippen molar-refractivity contribution in [2.75, 3.05) is 13.7 Å². The normalized spacial score (nSPS) is 13.6. The van der Waals surface area contributed by atoms with E-state index in [4.69, 9.17) is 14.6 Å². The Morgan fingerprint density at radius 3 is 2.71 bits per heavy atom. The van der Waals surface area contributed by atoms with Gasteiger partial charge in [0, 0.05) is 5.56 Å². The molecule has 0 aliphatic carbocycles. The van der Waals surface area contributed by atoms with Crippen molar-refractivity contribution in [1.82, 2.24) is 5.32 Å². The summed E-state index contributed by atoms with van der Waals surface area (Å²) in [6.45, 7) is 2.95. The van der Waals surface area contributed by atoms with Gasteiger partial charge >= 0.3 is 5.97 Å². The van der Waals surface area contributed by atoms with Gasteiger partial charge in [-0.2, -0.15) is 0 Å². The standard InChI is InChI=1S/C15H17NO5/c1-15(2,14(18)19)16-13(17)10-6-9-7-11(20-3)4-5-12(9)21-8-10/h4-7H,8H2,1-3H3,(H,16,17)(H,18,19). The van der Waals surface area contributed by atoms with Crippen LogP contribution in [0.4, 0.5) is 0 Å². The predicted octanol–water partition coefficient (Wildman–Crippen LogP) is 1.45. The van der Waals surface area contributed by atoms with Crippen molar-refractivity contribution in [1.29, 1.82) is 0 Å². The minimum atomic E-state index is -1.34. The zero-order chi connectivity index (χ0) is 15.6. The van der Waals surface area contributed by atoms with Crippen molar-refractivity contribution in [3.63, 3.8) is 0 Å². The van der Waals surface area contributed by atoms with E-state index in [0.717, 1.165) is 5.56 Å². The first-order valence-electron chi connectivity index (χ1n) is 6.41. The largest absolute Gasteiger partial charge is 0.497 e. The molecule has 6 heteroatoms. The molecule has 0 unspecified atom stereocenters. The Morgan fingerprint density at radius 2 is 2.10 bits per heavy atom. The van der Waals surface area contributed by atoms with E-state index in [2.05, 4.69) is 5.32 Å². The maximum Gasteiger partial charge on any atom is 0.328 e. The van der Waals surface area contributed by atoms with Crippen LogP contribution in [0.2, 0.25) is 0 Å². The van der Waals surface area contributed by atoms with Gasteiger partial charge in [0.25, 0.3) is 5.91 Å². The Bertz CT molecular complexity index is 618. The van der Waals surface area contributed by atoms with Crippen molar-refractivity contribution in [3.8, 4) is 11.5 Å². The third-order valence-corrected chi connectivity index (χ3v) is 3.18. The van der Waals surface area contributed by atoms with Crippen LogP contribution in [0, 0.1) is 0 Å². The molecule has 0 saturated heterocycles. The number of nitrogens with one attached hydrogen (secondary N) is 1. The average Bonchev–Trinajstić information content (AvgIpc) is 2.45. The highest BCUT2D eigenvalue weighted by molar-refractivity contribution is 6.01. The summed E-state index contributed by atoms with van der Waals surface area (Å²) in [7, 11) is 1.55. The van der Waals surface area contributed by atoms with Crippen LogP contribution >= 0.6 is 0 Å². The molecule has 112 valence electrons. The zero-order valence-electron chi connectivity index (χ0n) is 12.1. The average molecular weight is 291 g/mol. The molecule has 0 aromatic heterocycles. The molecule has 1 heterocycles. The van der Waals surface area contributed by atoms with E-state index in [-0.39, 0.29) is 6.61 Å². The Morgan fingerprint density at radius 1 is 1.38 bits per heavy atom. The van der Waals surface area contributed by atoms with Crippen molar-refractivity contribution in [2.45, 2.75) is 19.4 Å². The number of ether oxygens (including phenoxy) is 2. The van der Waals surface area contributed by atoms with Gasteiger partial charge in [-0.05, 0) is 38.1 Å². The van der Waals surface area contributed by atoms with Crippen molar-refractivity contribution in [2.24, 2.45) is 0 Å². The maximum atomic E-state index is 12.1. The van der Waals surface area contributed by atoms with Crippen molar-refractivity contribution in [3.05, 3.63) is 29.3 Å². The monoisotopic (exact) mass is 291 g/mol. The Labute approximate surface area is 122 Å². The molecule has 0 saturated carbocycles. The molecule has 6 nitrogen and oxygen atoms in total. The van der Waals surface area contributed by atoms with E-state index in [1.54, 1.807) is 31.4 Å². The molecule has 0 spiro atoms. The fraction of sp³-hybridized carbons (Fsp3) is 0.333. The molecule has 0 atom stereocenters. The second-order valence-corrected chi connectivity index (χ2v) is 5.25. The first-order chi connectivity index (χ1) is 9.83. The molecule has 2 rings (SSSR count). The van der Waals surface area contributed by atoms with Gasteiger partial charge in [0.15, 0.2) is 0 Å². The van der Waals surface area contributed by atoms with Gasteiger partial charge in [-0.15, -0.1) is 0 Å². The van der Waals surface area contributed by atoms with Gasteiger partial charge in [0.1, 0.15) is 23.6 Å². The topological polar surface area (TPSA) is 84.9 Å². The third kappa shape index (κ3) is 3.16. The number of carboxylic acids is 1. The SMILES string of the molecule is COc1ccc2c(c1)C=C(C(=O)NC(C)(C)C(=O)O)CO2. The third-order valence-electron chi connectivity index (χ3n) is 3.18. The summed E-state index contributed by atoms with van der Waals surface area (Å²) in [5.41, 5.74) is -0.254. The van der Waals surface area contributed by atoms with Gasteiger partial charge in [-0.3, -0.25) is 4.79 Å². The molecular formula is C15H17NO5. The first-order valence-corrected chi connectivity index (χ1v) is 6.41. The number of aliphatic carboxylic acids is 1. The van der Waals surface area contributed by atoms with Gasteiger partial charge < -0.3 is 19.9 Å². The lowest BCUT2D eigenvalue weighted by molar-refractivity contribution is -0.145. The molecule has 21 heavy (non-hydrogen) atoms. The molecule has 2 N–H and O–H groups in total. The number of benzene rings is 1. The first kappa shape index (κ1) is 14.9. The smallest absolute Gasteiger partial charge is 0.328 e. The minimum absolute atomic E-state index is 0.0981. The number of carboxylic acid groups (broad SMARTS) is 1. The van der Waals surface area contributed by atoms with Gasteiger partial charge in [0.2, 0.25) is 0 Å². The Kier molecular flexibility index (Phi) is 3.88. The lowest BCUT2D eigenvalue weighted by atomic mass is 10.0. The van der Waals surface area contributed by atoms with Gasteiger partial charge in [0.05, 0.1) is 12.7 Å². The van der Waals surface area contributed by atoms with Crippen LogP contribution in [0.15, 0.2) is 23.8 Å². The second kappa shape index (κ2) is 5.47. The molecule has 1 aromatic rings. The fourth-order valence-electron chi connectivity index (χ4n) is 1.83. The maximum absolute atomic E-state index is 12.1. The summed E-state index contributed by atoms with van der Waals surface area (Å²) in [6, 6.07) is 5.29. The Balaban J connectivity index is 2.23. The van der Waals surface area contributed by atoms with Crippen LogP contribution in [0.25, 0.3) is 6.08 Å². The van der Waals surface area contributed by atoms with E-state index in [9.17, 15) is 9.59 Å². The number of fused-ring (bicyclic) bond motifs is 1. The molecule has 0 bridgehead atoms. The molecule has 1 aliphatic heterocycles. The molecule has 1 amide bonds. The number of carbonyl (C=O) groups excluding carboxylic acids is 1. The quantitative estimate of drug-likeness (QED) is 0.877. The number of methoxy groups -OCH3 is 1. The van der Waals surface area contributed by atoms with E-state index >= 15 is 0 Å². The van der Waals surface area contributed by atoms with E-state index in [1.807, 2.05) is 0 Å². The summed E-state index contributed by atoms with van der Waals surface area (Å²) >= 11 is 0. The summed E-state index contributed by atoms with van der Waals surface area (Å²) in [5, 5.41) is 11.5. The van der Waals surface area contributed by atoms with Crippen LogP contribution < -0.4 is 14.8 Å². The van der Waals surface area contributed by atoms with Crippen LogP contribution in [-0.2, 0) is 9.59 Å². The molecule has 1 aromatic carbocycles. The van der Waals surface area contributed by atoms with E-state index < -0.39 is 17.4 Å². The number of hydrogen-bond donors (Lipinski definition) is 2. The fourth-order valence-corrected chi connectivity index (χ4v) is 1.83. The lowest BCUT2D eigenvalue weighted by Gasteiger charge is -2.24. The Hall–Kier alpha value is -2.50. The zero-order valence-corrected chi connectivity index (χ0v) is 12.1. The van der Waals surface area contributed by atoms with Gasteiger partial charge in [-0.25, -0.2) is 4.79 Å². The van der Waals surface area contributed by atoms with E-state index in [1.165, 1.54) is 13.8 Å².